The molecule has 84 valence electrons. The Bertz CT molecular complexity index is 505. The van der Waals surface area contributed by atoms with Crippen LogP contribution < -0.4 is 5.73 Å². The van der Waals surface area contributed by atoms with Gasteiger partial charge in [0.2, 0.25) is 0 Å². The van der Waals surface area contributed by atoms with Crippen molar-refractivity contribution in [3.63, 3.8) is 0 Å². The van der Waals surface area contributed by atoms with Crippen LogP contribution in [-0.2, 0) is 7.05 Å². The Morgan fingerprint density at radius 1 is 1.31 bits per heavy atom. The van der Waals surface area contributed by atoms with E-state index in [2.05, 4.69) is 33.2 Å². The van der Waals surface area contributed by atoms with E-state index in [0.717, 1.165) is 25.8 Å². The fourth-order valence-electron chi connectivity index (χ4n) is 1.39. The molecule has 0 amide bonds. The van der Waals surface area contributed by atoms with Gasteiger partial charge in [0.05, 0.1) is 11.4 Å². The van der Waals surface area contributed by atoms with E-state index in [9.17, 15) is 0 Å². The van der Waals surface area contributed by atoms with Crippen molar-refractivity contribution in [2.24, 2.45) is 7.05 Å². The first-order valence-electron chi connectivity index (χ1n) is 4.80. The van der Waals surface area contributed by atoms with E-state index in [-0.39, 0.29) is 0 Å². The first-order chi connectivity index (χ1) is 7.58. The fourth-order valence-corrected chi connectivity index (χ4v) is 2.58. The topological polar surface area (TPSA) is 43.8 Å². The highest BCUT2D eigenvalue weighted by molar-refractivity contribution is 9.10. The lowest BCUT2D eigenvalue weighted by molar-refractivity contribution is 0.693. The molecule has 0 spiro atoms. The van der Waals surface area contributed by atoms with Crippen LogP contribution in [0.3, 0.4) is 0 Å². The number of aryl methyl sites for hydroxylation is 2. The van der Waals surface area contributed by atoms with E-state index in [1.807, 2.05) is 30.8 Å². The van der Waals surface area contributed by atoms with E-state index in [1.54, 1.807) is 11.8 Å². The molecule has 0 saturated heterocycles. The van der Waals surface area contributed by atoms with E-state index in [0.29, 0.717) is 0 Å². The molecular weight excluding hydrogens is 286 g/mol. The highest BCUT2D eigenvalue weighted by atomic mass is 79.9. The molecule has 3 nitrogen and oxygen atoms in total. The molecule has 1 aromatic carbocycles. The van der Waals surface area contributed by atoms with Crippen LogP contribution in [0.2, 0.25) is 0 Å². The molecule has 1 aromatic heterocycles. The zero-order chi connectivity index (χ0) is 11.7. The molecular formula is C11H12BrN3S. The van der Waals surface area contributed by atoms with Gasteiger partial charge in [-0.3, -0.25) is 4.68 Å². The molecule has 2 rings (SSSR count). The third kappa shape index (κ3) is 2.25. The minimum atomic E-state index is 0.760. The van der Waals surface area contributed by atoms with Crippen LogP contribution in [0, 0.1) is 6.92 Å². The summed E-state index contributed by atoms with van der Waals surface area (Å²) in [5.74, 6) is 0. The highest BCUT2D eigenvalue weighted by Crippen LogP contribution is 2.33. The highest BCUT2D eigenvalue weighted by Gasteiger charge is 2.11. The number of halogens is 1. The summed E-state index contributed by atoms with van der Waals surface area (Å²) in [6, 6.07) is 8.14. The monoisotopic (exact) mass is 297 g/mol. The summed E-state index contributed by atoms with van der Waals surface area (Å²) in [6.07, 6.45) is 0. The molecule has 2 aromatic rings. The molecule has 1 heterocycles. The molecule has 0 fully saturated rings. The summed E-state index contributed by atoms with van der Waals surface area (Å²) < 4.78 is 2.89. The van der Waals surface area contributed by atoms with Gasteiger partial charge in [0, 0.05) is 16.4 Å². The summed E-state index contributed by atoms with van der Waals surface area (Å²) in [5.41, 5.74) is 7.60. The van der Waals surface area contributed by atoms with Gasteiger partial charge in [0.1, 0.15) is 5.03 Å². The van der Waals surface area contributed by atoms with Crippen LogP contribution in [0.25, 0.3) is 0 Å². The van der Waals surface area contributed by atoms with E-state index < -0.39 is 0 Å². The smallest absolute Gasteiger partial charge is 0.122 e. The molecule has 0 radical (unpaired) electrons. The van der Waals surface area contributed by atoms with Gasteiger partial charge in [-0.1, -0.05) is 27.7 Å². The first kappa shape index (κ1) is 11.5. The molecule has 0 saturated carbocycles. The second-order valence-corrected chi connectivity index (χ2v) is 5.46. The van der Waals surface area contributed by atoms with Crippen molar-refractivity contribution < 1.29 is 0 Å². The number of rotatable bonds is 2. The standard InChI is InChI=1S/C11H12BrN3S/c1-7-10(13)11(15(2)14-7)16-9-5-3-8(12)4-6-9/h3-6H,13H2,1-2H3. The lowest BCUT2D eigenvalue weighted by Crippen LogP contribution is -1.93. The van der Waals surface area contributed by atoms with Crippen molar-refractivity contribution in [3.05, 3.63) is 34.4 Å². The lowest BCUT2D eigenvalue weighted by atomic mass is 10.4. The van der Waals surface area contributed by atoms with E-state index in [1.165, 1.54) is 0 Å². The van der Waals surface area contributed by atoms with Crippen molar-refractivity contribution in [2.75, 3.05) is 5.73 Å². The maximum atomic E-state index is 5.97. The van der Waals surface area contributed by atoms with Gasteiger partial charge in [0.25, 0.3) is 0 Å². The van der Waals surface area contributed by atoms with E-state index in [4.69, 9.17) is 5.73 Å². The maximum Gasteiger partial charge on any atom is 0.122 e. The molecule has 0 aliphatic heterocycles. The summed E-state index contributed by atoms with van der Waals surface area (Å²) in [4.78, 5) is 1.15. The Balaban J connectivity index is 2.30. The van der Waals surface area contributed by atoms with Gasteiger partial charge in [-0.15, -0.1) is 0 Å². The summed E-state index contributed by atoms with van der Waals surface area (Å²) in [5, 5.41) is 5.27. The van der Waals surface area contributed by atoms with Crippen LogP contribution in [0.15, 0.2) is 38.7 Å². The Morgan fingerprint density at radius 3 is 2.44 bits per heavy atom. The molecule has 16 heavy (non-hydrogen) atoms. The summed E-state index contributed by atoms with van der Waals surface area (Å²) >= 11 is 5.04. The maximum absolute atomic E-state index is 5.97. The zero-order valence-electron chi connectivity index (χ0n) is 9.07. The van der Waals surface area contributed by atoms with Crippen molar-refractivity contribution in [1.29, 1.82) is 0 Å². The zero-order valence-corrected chi connectivity index (χ0v) is 11.5. The number of nitrogens with two attached hydrogens (primary N) is 1. The van der Waals surface area contributed by atoms with Crippen molar-refractivity contribution in [1.82, 2.24) is 9.78 Å². The van der Waals surface area contributed by atoms with E-state index >= 15 is 0 Å². The molecule has 5 heteroatoms. The van der Waals surface area contributed by atoms with Crippen LogP contribution in [0.5, 0.6) is 0 Å². The average molecular weight is 298 g/mol. The Morgan fingerprint density at radius 2 is 1.94 bits per heavy atom. The van der Waals surface area contributed by atoms with Gasteiger partial charge in [-0.25, -0.2) is 0 Å². The van der Waals surface area contributed by atoms with Gasteiger partial charge in [0.15, 0.2) is 0 Å². The van der Waals surface area contributed by atoms with Crippen molar-refractivity contribution in [3.8, 4) is 0 Å². The SMILES string of the molecule is Cc1nn(C)c(Sc2ccc(Br)cc2)c1N. The van der Waals surface area contributed by atoms with Gasteiger partial charge in [-0.05, 0) is 31.2 Å². The lowest BCUT2D eigenvalue weighted by Gasteiger charge is -2.03. The first-order valence-corrected chi connectivity index (χ1v) is 6.41. The van der Waals surface area contributed by atoms with Crippen LogP contribution in [-0.4, -0.2) is 9.78 Å². The normalized spacial score (nSPS) is 10.7. The number of aromatic nitrogens is 2. The average Bonchev–Trinajstić information content (AvgIpc) is 2.48. The number of nitrogen functional groups attached to an aromatic ring is 1. The largest absolute Gasteiger partial charge is 0.395 e. The Labute approximate surface area is 107 Å². The molecule has 0 aliphatic rings. The summed E-state index contributed by atoms with van der Waals surface area (Å²) in [7, 11) is 1.91. The third-order valence-corrected chi connectivity index (χ3v) is 3.96. The third-order valence-electron chi connectivity index (χ3n) is 2.24. The quantitative estimate of drug-likeness (QED) is 0.925. The molecule has 0 aliphatic carbocycles. The minimum Gasteiger partial charge on any atom is -0.395 e. The molecule has 0 unspecified atom stereocenters. The molecule has 0 atom stereocenters. The summed E-state index contributed by atoms with van der Waals surface area (Å²) in [6.45, 7) is 1.92. The molecule has 2 N–H and O–H groups in total. The minimum absolute atomic E-state index is 0.760. The van der Waals surface area contributed by atoms with Crippen molar-refractivity contribution in [2.45, 2.75) is 16.8 Å². The van der Waals surface area contributed by atoms with Gasteiger partial charge >= 0.3 is 0 Å². The number of anilines is 1. The van der Waals surface area contributed by atoms with Crippen LogP contribution >= 0.6 is 27.7 Å². The van der Waals surface area contributed by atoms with Crippen molar-refractivity contribution >= 4 is 33.4 Å². The Kier molecular flexibility index (Phi) is 3.25. The van der Waals surface area contributed by atoms with Crippen LogP contribution in [0.4, 0.5) is 5.69 Å². The Hall–Kier alpha value is -0.940. The van der Waals surface area contributed by atoms with Gasteiger partial charge in [-0.2, -0.15) is 5.10 Å². The predicted octanol–water partition coefficient (Wildman–Crippen LogP) is 3.22. The van der Waals surface area contributed by atoms with Crippen LogP contribution in [0.1, 0.15) is 5.69 Å². The fraction of sp³-hybridized carbons (Fsp3) is 0.182. The number of nitrogens with zero attached hydrogens (tertiary/aromatic N) is 2. The second-order valence-electron chi connectivity index (χ2n) is 3.48. The number of hydrogen-bond donors (Lipinski definition) is 1. The predicted molar refractivity (Wildman–Crippen MR) is 70.6 cm³/mol. The van der Waals surface area contributed by atoms with Gasteiger partial charge < -0.3 is 5.73 Å². The number of benzene rings is 1. The number of hydrogen-bond acceptors (Lipinski definition) is 3. The molecule has 0 bridgehead atoms. The second kappa shape index (κ2) is 4.51.